The smallest absolute Gasteiger partial charge is 0.251 e. The Morgan fingerprint density at radius 2 is 1.81 bits per heavy atom. The first kappa shape index (κ1) is 20.9. The zero-order valence-electron chi connectivity index (χ0n) is 14.7. The van der Waals surface area contributed by atoms with Crippen LogP contribution in [0.3, 0.4) is 0 Å². The van der Waals surface area contributed by atoms with E-state index in [-0.39, 0.29) is 16.5 Å². The van der Waals surface area contributed by atoms with Crippen molar-refractivity contribution in [3.63, 3.8) is 0 Å². The van der Waals surface area contributed by atoms with Crippen LogP contribution in [0.25, 0.3) is 0 Å². The van der Waals surface area contributed by atoms with Crippen molar-refractivity contribution in [3.05, 3.63) is 60.2 Å². The van der Waals surface area contributed by atoms with Crippen LogP contribution in [0.15, 0.2) is 59.5 Å². The van der Waals surface area contributed by atoms with E-state index in [2.05, 4.69) is 10.6 Å². The van der Waals surface area contributed by atoms with Crippen LogP contribution in [0.5, 0.6) is 0 Å². The quantitative estimate of drug-likeness (QED) is 0.617. The first-order chi connectivity index (χ1) is 12.8. The Labute approximate surface area is 162 Å². The largest absolute Gasteiger partial charge is 0.340 e. The van der Waals surface area contributed by atoms with Crippen molar-refractivity contribution >= 4 is 39.3 Å². The van der Waals surface area contributed by atoms with Gasteiger partial charge in [-0.1, -0.05) is 24.3 Å². The number of anilines is 1. The summed E-state index contributed by atoms with van der Waals surface area (Å²) in [6, 6.07) is 13.5. The normalized spacial score (nSPS) is 12.2. The number of carbonyl (C=O) groups excluding carboxylic acids is 2. The number of primary sulfonamides is 1. The third-order valence-electron chi connectivity index (χ3n) is 3.70. The molecular formula is C18H21N3O4S2. The molecule has 0 heterocycles. The number of thioether (sulfide) groups is 1. The highest BCUT2D eigenvalue weighted by molar-refractivity contribution is 7.98. The maximum Gasteiger partial charge on any atom is 0.251 e. The molecule has 0 radical (unpaired) electrons. The molecule has 4 N–H and O–H groups in total. The van der Waals surface area contributed by atoms with E-state index >= 15 is 0 Å². The number of rotatable bonds is 8. The van der Waals surface area contributed by atoms with Crippen molar-refractivity contribution in [2.45, 2.75) is 17.4 Å². The highest BCUT2D eigenvalue weighted by Crippen LogP contribution is 2.15. The minimum Gasteiger partial charge on any atom is -0.340 e. The summed E-state index contributed by atoms with van der Waals surface area (Å²) in [7, 11) is -3.87. The van der Waals surface area contributed by atoms with E-state index in [0.29, 0.717) is 17.7 Å². The molecule has 0 aliphatic carbocycles. The van der Waals surface area contributed by atoms with Crippen LogP contribution in [0.2, 0.25) is 0 Å². The molecule has 0 saturated carbocycles. The van der Waals surface area contributed by atoms with Gasteiger partial charge in [0.2, 0.25) is 15.9 Å². The molecule has 0 saturated heterocycles. The topological polar surface area (TPSA) is 118 Å². The molecule has 2 aromatic carbocycles. The van der Waals surface area contributed by atoms with Crippen molar-refractivity contribution in [1.82, 2.24) is 5.32 Å². The molecular weight excluding hydrogens is 386 g/mol. The molecule has 0 unspecified atom stereocenters. The van der Waals surface area contributed by atoms with Crippen molar-refractivity contribution < 1.29 is 18.0 Å². The lowest BCUT2D eigenvalue weighted by Gasteiger charge is -2.18. The fourth-order valence-electron chi connectivity index (χ4n) is 2.32. The Morgan fingerprint density at radius 3 is 2.44 bits per heavy atom. The predicted molar refractivity (Wildman–Crippen MR) is 107 cm³/mol. The summed E-state index contributed by atoms with van der Waals surface area (Å²) < 4.78 is 22.9. The standard InChI is InChI=1S/C18H21N3O4S2/c1-26-11-10-16(21-17(22)13-6-3-2-4-7-13)18(23)20-14-8-5-9-15(12-14)27(19,24)25/h2-9,12,16H,10-11H2,1H3,(H,20,23)(H,21,22)(H2,19,24,25)/t16-/m0/s1. The number of hydrogen-bond acceptors (Lipinski definition) is 5. The van der Waals surface area contributed by atoms with Gasteiger partial charge >= 0.3 is 0 Å². The third-order valence-corrected chi connectivity index (χ3v) is 5.25. The maximum atomic E-state index is 12.6. The van der Waals surface area contributed by atoms with Gasteiger partial charge in [0, 0.05) is 11.3 Å². The van der Waals surface area contributed by atoms with Crippen molar-refractivity contribution in [1.29, 1.82) is 0 Å². The molecule has 1 atom stereocenters. The van der Waals surface area contributed by atoms with Gasteiger partial charge < -0.3 is 10.6 Å². The SMILES string of the molecule is CSCC[C@H](NC(=O)c1ccccc1)C(=O)Nc1cccc(S(N)(=O)=O)c1. The van der Waals surface area contributed by atoms with Crippen molar-refractivity contribution in [2.75, 3.05) is 17.3 Å². The van der Waals surface area contributed by atoms with Crippen LogP contribution in [-0.2, 0) is 14.8 Å². The molecule has 144 valence electrons. The van der Waals surface area contributed by atoms with Gasteiger partial charge in [-0.2, -0.15) is 11.8 Å². The van der Waals surface area contributed by atoms with Crippen LogP contribution in [0.4, 0.5) is 5.69 Å². The first-order valence-electron chi connectivity index (χ1n) is 8.10. The number of amides is 2. The molecule has 27 heavy (non-hydrogen) atoms. The summed E-state index contributed by atoms with van der Waals surface area (Å²) in [6.07, 6.45) is 2.34. The Kier molecular flexibility index (Phi) is 7.40. The Bertz CT molecular complexity index is 902. The van der Waals surface area contributed by atoms with Crippen LogP contribution in [-0.4, -0.2) is 38.3 Å². The highest BCUT2D eigenvalue weighted by atomic mass is 32.2. The summed E-state index contributed by atoms with van der Waals surface area (Å²) in [4.78, 5) is 24.9. The molecule has 7 nitrogen and oxygen atoms in total. The Hall–Kier alpha value is -2.36. The molecule has 0 bridgehead atoms. The average Bonchev–Trinajstić information content (AvgIpc) is 2.65. The van der Waals surface area contributed by atoms with Crippen LogP contribution in [0, 0.1) is 0 Å². The predicted octanol–water partition coefficient (Wildman–Crippen LogP) is 1.82. The lowest BCUT2D eigenvalue weighted by molar-refractivity contribution is -0.118. The lowest BCUT2D eigenvalue weighted by atomic mass is 10.1. The molecule has 2 amide bonds. The number of nitrogens with one attached hydrogen (secondary N) is 2. The molecule has 0 fully saturated rings. The van der Waals surface area contributed by atoms with Crippen LogP contribution in [0.1, 0.15) is 16.8 Å². The van der Waals surface area contributed by atoms with E-state index in [9.17, 15) is 18.0 Å². The zero-order valence-corrected chi connectivity index (χ0v) is 16.3. The average molecular weight is 408 g/mol. The molecule has 0 aromatic heterocycles. The van der Waals surface area contributed by atoms with Gasteiger partial charge in [-0.3, -0.25) is 9.59 Å². The summed E-state index contributed by atoms with van der Waals surface area (Å²) in [5.41, 5.74) is 0.741. The van der Waals surface area contributed by atoms with E-state index in [1.807, 2.05) is 6.26 Å². The highest BCUT2D eigenvalue weighted by Gasteiger charge is 2.21. The van der Waals surface area contributed by atoms with E-state index in [1.165, 1.54) is 18.2 Å². The summed E-state index contributed by atoms with van der Waals surface area (Å²) >= 11 is 1.56. The molecule has 9 heteroatoms. The molecule has 0 aliphatic rings. The number of hydrogen-bond donors (Lipinski definition) is 3. The van der Waals surface area contributed by atoms with Gasteiger partial charge in [0.05, 0.1) is 4.90 Å². The van der Waals surface area contributed by atoms with Crippen LogP contribution < -0.4 is 15.8 Å². The number of sulfonamides is 1. The second-order valence-corrected chi connectivity index (χ2v) is 8.28. The summed E-state index contributed by atoms with van der Waals surface area (Å²) in [5, 5.41) is 10.5. The van der Waals surface area contributed by atoms with E-state index < -0.39 is 22.0 Å². The maximum absolute atomic E-state index is 12.6. The van der Waals surface area contributed by atoms with Gasteiger partial charge in [0.15, 0.2) is 0 Å². The van der Waals surface area contributed by atoms with Gasteiger partial charge in [-0.15, -0.1) is 0 Å². The van der Waals surface area contributed by atoms with Crippen molar-refractivity contribution in [3.8, 4) is 0 Å². The van der Waals surface area contributed by atoms with Gasteiger partial charge in [0.1, 0.15) is 6.04 Å². The van der Waals surface area contributed by atoms with Gasteiger partial charge in [0.25, 0.3) is 5.91 Å². The minimum absolute atomic E-state index is 0.103. The third kappa shape index (κ3) is 6.38. The number of benzene rings is 2. The molecule has 0 aliphatic heterocycles. The molecule has 0 spiro atoms. The lowest BCUT2D eigenvalue weighted by Crippen LogP contribution is -2.44. The molecule has 2 rings (SSSR count). The number of nitrogens with two attached hydrogens (primary N) is 1. The number of carbonyl (C=O) groups is 2. The van der Waals surface area contributed by atoms with Crippen LogP contribution >= 0.6 is 11.8 Å². The fourth-order valence-corrected chi connectivity index (χ4v) is 3.35. The Balaban J connectivity index is 2.14. The second-order valence-electron chi connectivity index (χ2n) is 5.74. The first-order valence-corrected chi connectivity index (χ1v) is 11.0. The molecule has 2 aromatic rings. The van der Waals surface area contributed by atoms with Gasteiger partial charge in [-0.05, 0) is 48.8 Å². The second kappa shape index (κ2) is 9.54. The zero-order chi connectivity index (χ0) is 19.9. The van der Waals surface area contributed by atoms with Gasteiger partial charge in [-0.25, -0.2) is 13.6 Å². The summed E-state index contributed by atoms with van der Waals surface area (Å²) in [6.45, 7) is 0. The van der Waals surface area contributed by atoms with Crippen molar-refractivity contribution in [2.24, 2.45) is 5.14 Å². The fraction of sp³-hybridized carbons (Fsp3) is 0.222. The summed E-state index contributed by atoms with van der Waals surface area (Å²) in [5.74, 6) is -0.111. The van der Waals surface area contributed by atoms with E-state index in [1.54, 1.807) is 48.2 Å². The Morgan fingerprint density at radius 1 is 1.11 bits per heavy atom. The minimum atomic E-state index is -3.87. The van der Waals surface area contributed by atoms with E-state index in [0.717, 1.165) is 0 Å². The monoisotopic (exact) mass is 407 g/mol. The van der Waals surface area contributed by atoms with E-state index in [4.69, 9.17) is 5.14 Å².